The maximum atomic E-state index is 8.95. The van der Waals surface area contributed by atoms with Crippen LogP contribution < -0.4 is 0 Å². The van der Waals surface area contributed by atoms with E-state index in [-0.39, 0.29) is 0 Å². The molecule has 0 bridgehead atoms. The predicted octanol–water partition coefficient (Wildman–Crippen LogP) is 3.04. The van der Waals surface area contributed by atoms with Crippen molar-refractivity contribution in [3.05, 3.63) is 0 Å². The lowest BCUT2D eigenvalue weighted by Gasteiger charge is -2.15. The van der Waals surface area contributed by atoms with Crippen molar-refractivity contribution in [3.63, 3.8) is 0 Å². The van der Waals surface area contributed by atoms with Crippen LogP contribution in [0.3, 0.4) is 0 Å². The van der Waals surface area contributed by atoms with Crippen LogP contribution in [0.4, 0.5) is 0 Å². The van der Waals surface area contributed by atoms with E-state index in [4.69, 9.17) is 21.0 Å². The van der Waals surface area contributed by atoms with Gasteiger partial charge >= 0.3 is 0 Å². The summed E-state index contributed by atoms with van der Waals surface area (Å²) < 4.78 is 0. The highest BCUT2D eigenvalue weighted by Gasteiger charge is 2.40. The van der Waals surface area contributed by atoms with Crippen molar-refractivity contribution in [1.29, 1.82) is 21.0 Å². The Bertz CT molecular complexity index is 350. The first-order valence-corrected chi connectivity index (χ1v) is 5.84. The molecule has 4 heteroatoms. The number of hydrogen-bond acceptors (Lipinski definition) is 4. The van der Waals surface area contributed by atoms with Gasteiger partial charge in [-0.25, -0.2) is 0 Å². The zero-order chi connectivity index (χ0) is 13.1. The molecule has 0 aliphatic heterocycles. The van der Waals surface area contributed by atoms with Crippen LogP contribution in [0, 0.1) is 56.7 Å². The third-order valence-corrected chi connectivity index (χ3v) is 2.80. The van der Waals surface area contributed by atoms with E-state index in [0.717, 1.165) is 32.1 Å². The maximum Gasteiger partial charge on any atom is 0.244 e. The highest BCUT2D eigenvalue weighted by molar-refractivity contribution is 5.30. The van der Waals surface area contributed by atoms with E-state index in [1.54, 1.807) is 18.2 Å². The van der Waals surface area contributed by atoms with E-state index in [0.29, 0.717) is 6.42 Å². The fourth-order valence-corrected chi connectivity index (χ4v) is 1.64. The number of hydrogen-bond donors (Lipinski definition) is 0. The van der Waals surface area contributed by atoms with Crippen molar-refractivity contribution in [2.24, 2.45) is 11.3 Å². The van der Waals surface area contributed by atoms with Gasteiger partial charge < -0.3 is 0 Å². The van der Waals surface area contributed by atoms with E-state index in [1.807, 2.05) is 6.07 Å². The number of nitrogens with zero attached hydrogens (tertiary/aromatic N) is 4. The fraction of sp³-hybridized carbons (Fsp3) is 0.692. The van der Waals surface area contributed by atoms with Gasteiger partial charge in [-0.15, -0.1) is 0 Å². The van der Waals surface area contributed by atoms with Crippen LogP contribution in [0.1, 0.15) is 45.4 Å². The van der Waals surface area contributed by atoms with Gasteiger partial charge in [0.05, 0.1) is 12.0 Å². The molecule has 0 aliphatic carbocycles. The number of unbranched alkanes of at least 4 members (excludes halogenated alkanes) is 4. The normalized spacial score (nSPS) is 11.6. The molecule has 0 saturated carbocycles. The average Bonchev–Trinajstić information content (AvgIpc) is 2.38. The average molecular weight is 228 g/mol. The summed E-state index contributed by atoms with van der Waals surface area (Å²) in [6, 6.07) is 6.94. The van der Waals surface area contributed by atoms with Crippen LogP contribution in [-0.2, 0) is 0 Å². The van der Waals surface area contributed by atoms with Crippen molar-refractivity contribution in [2.75, 3.05) is 0 Å². The monoisotopic (exact) mass is 228 g/mol. The standard InChI is InChI=1S/C13H16N4/c1-2-3-4-5-6-7-12(8-14)13(9-15,10-16)11-17/h12H,2-7H2,1H3. The number of nitriles is 4. The summed E-state index contributed by atoms with van der Waals surface area (Å²) in [4.78, 5) is 0. The molecule has 0 radical (unpaired) electrons. The van der Waals surface area contributed by atoms with Crippen LogP contribution in [-0.4, -0.2) is 0 Å². The van der Waals surface area contributed by atoms with Crippen LogP contribution in [0.15, 0.2) is 0 Å². The molecule has 0 amide bonds. The smallest absolute Gasteiger partial charge is 0.198 e. The summed E-state index contributed by atoms with van der Waals surface area (Å²) in [7, 11) is 0. The summed E-state index contributed by atoms with van der Waals surface area (Å²) in [6.07, 6.45) is 5.58. The second kappa shape index (κ2) is 8.15. The van der Waals surface area contributed by atoms with Crippen LogP contribution >= 0.6 is 0 Å². The third-order valence-electron chi connectivity index (χ3n) is 2.80. The summed E-state index contributed by atoms with van der Waals surface area (Å²) >= 11 is 0. The lowest BCUT2D eigenvalue weighted by atomic mass is 9.77. The molecule has 0 aliphatic rings. The first kappa shape index (κ1) is 15.0. The molecule has 0 aromatic rings. The molecule has 88 valence electrons. The molecule has 0 heterocycles. The predicted molar refractivity (Wildman–Crippen MR) is 61.8 cm³/mol. The Morgan fingerprint density at radius 1 is 0.882 bits per heavy atom. The SMILES string of the molecule is CCCCCCCC(C#N)C(C#N)(C#N)C#N. The Morgan fingerprint density at radius 3 is 1.82 bits per heavy atom. The highest BCUT2D eigenvalue weighted by atomic mass is 14.5. The number of rotatable bonds is 7. The molecule has 0 saturated heterocycles. The van der Waals surface area contributed by atoms with Gasteiger partial charge in [0.25, 0.3) is 0 Å². The van der Waals surface area contributed by atoms with E-state index >= 15 is 0 Å². The van der Waals surface area contributed by atoms with Crippen molar-refractivity contribution in [2.45, 2.75) is 45.4 Å². The zero-order valence-corrected chi connectivity index (χ0v) is 10.1. The van der Waals surface area contributed by atoms with E-state index < -0.39 is 11.3 Å². The minimum absolute atomic E-state index is 0.439. The first-order chi connectivity index (χ1) is 8.20. The Hall–Kier alpha value is -2.04. The van der Waals surface area contributed by atoms with Crippen molar-refractivity contribution >= 4 is 0 Å². The van der Waals surface area contributed by atoms with Crippen molar-refractivity contribution in [1.82, 2.24) is 0 Å². The van der Waals surface area contributed by atoms with Gasteiger partial charge in [0.15, 0.2) is 0 Å². The molecule has 0 fully saturated rings. The van der Waals surface area contributed by atoms with Crippen LogP contribution in [0.25, 0.3) is 0 Å². The van der Waals surface area contributed by atoms with Gasteiger partial charge in [-0.05, 0) is 6.42 Å². The molecular formula is C13H16N4. The summed E-state index contributed by atoms with van der Waals surface area (Å²) in [6.45, 7) is 2.12. The lowest BCUT2D eigenvalue weighted by Crippen LogP contribution is -2.24. The molecule has 1 unspecified atom stereocenters. The van der Waals surface area contributed by atoms with E-state index in [1.165, 1.54) is 0 Å². The van der Waals surface area contributed by atoms with Gasteiger partial charge in [-0.1, -0.05) is 39.0 Å². The summed E-state index contributed by atoms with van der Waals surface area (Å²) in [5, 5.41) is 35.6. The van der Waals surface area contributed by atoms with E-state index in [2.05, 4.69) is 6.92 Å². The van der Waals surface area contributed by atoms with Gasteiger partial charge in [0.1, 0.15) is 18.2 Å². The molecule has 0 rings (SSSR count). The second-order valence-corrected chi connectivity index (χ2v) is 4.03. The Balaban J connectivity index is 4.37. The summed E-state index contributed by atoms with van der Waals surface area (Å²) in [5.41, 5.74) is -1.81. The fourth-order valence-electron chi connectivity index (χ4n) is 1.64. The minimum Gasteiger partial charge on any atom is -0.198 e. The molecule has 1 atom stereocenters. The summed E-state index contributed by atoms with van der Waals surface area (Å²) in [5.74, 6) is -0.816. The van der Waals surface area contributed by atoms with Gasteiger partial charge in [0.2, 0.25) is 5.41 Å². The van der Waals surface area contributed by atoms with Gasteiger partial charge in [0, 0.05) is 0 Å². The van der Waals surface area contributed by atoms with Crippen molar-refractivity contribution < 1.29 is 0 Å². The Morgan fingerprint density at radius 2 is 1.41 bits per heavy atom. The first-order valence-electron chi connectivity index (χ1n) is 5.84. The third kappa shape index (κ3) is 4.14. The molecule has 0 aromatic carbocycles. The van der Waals surface area contributed by atoms with E-state index in [9.17, 15) is 0 Å². The Kier molecular flexibility index (Phi) is 7.17. The van der Waals surface area contributed by atoms with Crippen LogP contribution in [0.2, 0.25) is 0 Å². The largest absolute Gasteiger partial charge is 0.244 e. The molecule has 0 N–H and O–H groups in total. The van der Waals surface area contributed by atoms with Crippen LogP contribution in [0.5, 0.6) is 0 Å². The maximum absolute atomic E-state index is 8.95. The van der Waals surface area contributed by atoms with Crippen molar-refractivity contribution in [3.8, 4) is 24.3 Å². The zero-order valence-electron chi connectivity index (χ0n) is 10.1. The molecule has 0 spiro atoms. The Labute approximate surface area is 103 Å². The molecular weight excluding hydrogens is 212 g/mol. The second-order valence-electron chi connectivity index (χ2n) is 4.03. The minimum atomic E-state index is -1.81. The van der Waals surface area contributed by atoms with Gasteiger partial charge in [-0.2, -0.15) is 21.0 Å². The lowest BCUT2D eigenvalue weighted by molar-refractivity contribution is 0.430. The molecule has 17 heavy (non-hydrogen) atoms. The molecule has 0 aromatic heterocycles. The quantitative estimate of drug-likeness (QED) is 0.625. The van der Waals surface area contributed by atoms with Gasteiger partial charge in [-0.3, -0.25) is 0 Å². The molecule has 4 nitrogen and oxygen atoms in total. The topological polar surface area (TPSA) is 95.2 Å². The highest BCUT2D eigenvalue weighted by Crippen LogP contribution is 2.29.